The van der Waals surface area contributed by atoms with E-state index in [1.165, 1.54) is 7.11 Å². The topological polar surface area (TPSA) is 89.3 Å². The lowest BCUT2D eigenvalue weighted by atomic mass is 9.96. The van der Waals surface area contributed by atoms with Crippen LogP contribution in [-0.4, -0.2) is 62.5 Å². The zero-order valence-electron chi connectivity index (χ0n) is 15.8. The van der Waals surface area contributed by atoms with Crippen LogP contribution in [0.1, 0.15) is 24.5 Å². The van der Waals surface area contributed by atoms with Crippen molar-refractivity contribution in [1.82, 2.24) is 29.9 Å². The molecule has 1 amide bonds. The van der Waals surface area contributed by atoms with Gasteiger partial charge in [0.05, 0.1) is 19.6 Å². The lowest BCUT2D eigenvalue weighted by molar-refractivity contribution is -0.148. The molecule has 156 valence electrons. The van der Waals surface area contributed by atoms with Gasteiger partial charge in [0.1, 0.15) is 0 Å². The van der Waals surface area contributed by atoms with Crippen LogP contribution in [0.25, 0.3) is 0 Å². The molecule has 0 aromatic carbocycles. The molecule has 0 radical (unpaired) electrons. The highest BCUT2D eigenvalue weighted by Crippen LogP contribution is 2.30. The average Bonchev–Trinajstić information content (AvgIpc) is 3.17. The fraction of sp³-hybridized carbons (Fsp3) is 0.588. The van der Waals surface area contributed by atoms with Gasteiger partial charge in [-0.3, -0.25) is 4.79 Å². The number of piperidine rings is 1. The summed E-state index contributed by atoms with van der Waals surface area (Å²) in [6, 6.07) is 3.50. The van der Waals surface area contributed by atoms with Crippen LogP contribution in [0.4, 0.5) is 19.0 Å². The summed E-state index contributed by atoms with van der Waals surface area (Å²) in [6.07, 6.45) is -3.02. The van der Waals surface area contributed by atoms with Gasteiger partial charge in [0.15, 0.2) is 11.6 Å². The molecule has 29 heavy (non-hydrogen) atoms. The summed E-state index contributed by atoms with van der Waals surface area (Å²) in [6.45, 7) is 1.50. The maximum Gasteiger partial charge on any atom is 0.451 e. The molecule has 9 nitrogen and oxygen atoms in total. The summed E-state index contributed by atoms with van der Waals surface area (Å²) in [5.74, 6) is -0.124. The molecule has 0 N–H and O–H groups in total. The van der Waals surface area contributed by atoms with Crippen molar-refractivity contribution in [2.75, 3.05) is 31.6 Å². The predicted molar refractivity (Wildman–Crippen MR) is 94.0 cm³/mol. The summed E-state index contributed by atoms with van der Waals surface area (Å²) < 4.78 is 45.0. The van der Waals surface area contributed by atoms with Gasteiger partial charge in [-0.2, -0.15) is 13.2 Å². The quantitative estimate of drug-likeness (QED) is 0.753. The van der Waals surface area contributed by atoms with Gasteiger partial charge in [-0.05, 0) is 18.9 Å². The second-order valence-corrected chi connectivity index (χ2v) is 7.07. The first kappa shape index (κ1) is 19.4. The minimum Gasteiger partial charge on any atom is -0.480 e. The molecule has 4 heterocycles. The van der Waals surface area contributed by atoms with Gasteiger partial charge in [-0.1, -0.05) is 0 Å². The molecule has 1 fully saturated rings. The Kier molecular flexibility index (Phi) is 5.01. The second-order valence-electron chi connectivity index (χ2n) is 7.07. The number of halogens is 3. The van der Waals surface area contributed by atoms with E-state index in [2.05, 4.69) is 20.4 Å². The normalized spacial score (nSPS) is 19.8. The Morgan fingerprint density at radius 3 is 2.66 bits per heavy atom. The highest BCUT2D eigenvalue weighted by molar-refractivity contribution is 5.79. The summed E-state index contributed by atoms with van der Waals surface area (Å²) in [5, 5.41) is 15.0. The molecule has 1 saturated heterocycles. The van der Waals surface area contributed by atoms with Crippen LogP contribution in [0.2, 0.25) is 0 Å². The van der Waals surface area contributed by atoms with Crippen molar-refractivity contribution in [1.29, 1.82) is 0 Å². The molecular weight excluding hydrogens is 391 g/mol. The van der Waals surface area contributed by atoms with Crippen LogP contribution in [-0.2, 0) is 24.1 Å². The van der Waals surface area contributed by atoms with Crippen molar-refractivity contribution in [3.63, 3.8) is 0 Å². The van der Waals surface area contributed by atoms with Crippen molar-refractivity contribution >= 4 is 11.7 Å². The molecule has 1 atom stereocenters. The lowest BCUT2D eigenvalue weighted by Gasteiger charge is -2.36. The molecule has 0 bridgehead atoms. The molecular formula is C17H20F3N7O2. The van der Waals surface area contributed by atoms with Crippen molar-refractivity contribution in [2.45, 2.75) is 32.1 Å². The number of methoxy groups -OCH3 is 1. The Bertz CT molecular complexity index is 884. The Morgan fingerprint density at radius 1 is 1.14 bits per heavy atom. The highest BCUT2D eigenvalue weighted by Gasteiger charge is 2.40. The van der Waals surface area contributed by atoms with Gasteiger partial charge >= 0.3 is 6.18 Å². The number of aromatic nitrogens is 5. The second kappa shape index (κ2) is 7.48. The largest absolute Gasteiger partial charge is 0.480 e. The number of amides is 1. The van der Waals surface area contributed by atoms with Crippen LogP contribution in [0.3, 0.4) is 0 Å². The fourth-order valence-electron chi connectivity index (χ4n) is 3.79. The van der Waals surface area contributed by atoms with Crippen LogP contribution in [0.5, 0.6) is 5.88 Å². The molecule has 2 aromatic heterocycles. The summed E-state index contributed by atoms with van der Waals surface area (Å²) in [4.78, 5) is 16.6. The average molecular weight is 411 g/mol. The maximum atomic E-state index is 13.0. The van der Waals surface area contributed by atoms with E-state index in [9.17, 15) is 18.0 Å². The van der Waals surface area contributed by atoms with E-state index in [-0.39, 0.29) is 37.3 Å². The van der Waals surface area contributed by atoms with Gasteiger partial charge in [0.2, 0.25) is 17.6 Å². The van der Waals surface area contributed by atoms with E-state index in [0.29, 0.717) is 18.2 Å². The Labute approximate surface area is 164 Å². The van der Waals surface area contributed by atoms with Crippen LogP contribution < -0.4 is 9.64 Å². The number of alkyl halides is 3. The van der Waals surface area contributed by atoms with Gasteiger partial charge in [-0.25, -0.2) is 0 Å². The van der Waals surface area contributed by atoms with E-state index in [1.807, 2.05) is 4.90 Å². The first-order valence-corrected chi connectivity index (χ1v) is 9.27. The Hall–Kier alpha value is -2.92. The van der Waals surface area contributed by atoms with Gasteiger partial charge in [0, 0.05) is 32.2 Å². The first-order valence-electron chi connectivity index (χ1n) is 9.27. The monoisotopic (exact) mass is 411 g/mol. The zero-order chi connectivity index (χ0) is 20.6. The summed E-state index contributed by atoms with van der Waals surface area (Å²) in [5.41, 5.74) is 0. The van der Waals surface area contributed by atoms with Gasteiger partial charge < -0.3 is 19.1 Å². The molecule has 2 aromatic rings. The summed E-state index contributed by atoms with van der Waals surface area (Å²) >= 11 is 0. The number of carbonyl (C=O) groups is 1. The smallest absolute Gasteiger partial charge is 0.451 e. The minimum atomic E-state index is -4.55. The third kappa shape index (κ3) is 3.83. The SMILES string of the molecule is COc1ccc(N2CCC[C@@H](C(=O)N3CCn4c(nnc4C(F)(F)F)C3)C2)nn1. The molecule has 2 aliphatic rings. The molecule has 0 unspecified atom stereocenters. The Balaban J connectivity index is 1.43. The zero-order valence-corrected chi connectivity index (χ0v) is 15.8. The lowest BCUT2D eigenvalue weighted by Crippen LogP contribution is -2.47. The van der Waals surface area contributed by atoms with E-state index in [4.69, 9.17) is 4.74 Å². The van der Waals surface area contributed by atoms with Crippen LogP contribution in [0, 0.1) is 5.92 Å². The third-order valence-corrected chi connectivity index (χ3v) is 5.25. The Morgan fingerprint density at radius 2 is 1.97 bits per heavy atom. The molecule has 0 saturated carbocycles. The number of ether oxygens (including phenoxy) is 1. The fourth-order valence-corrected chi connectivity index (χ4v) is 3.79. The number of hydrogen-bond acceptors (Lipinski definition) is 7. The van der Waals surface area contributed by atoms with E-state index in [1.54, 1.807) is 17.0 Å². The number of hydrogen-bond donors (Lipinski definition) is 0. The van der Waals surface area contributed by atoms with Crippen LogP contribution in [0.15, 0.2) is 12.1 Å². The highest BCUT2D eigenvalue weighted by atomic mass is 19.4. The number of rotatable bonds is 3. The maximum absolute atomic E-state index is 13.0. The minimum absolute atomic E-state index is 0.0285. The van der Waals surface area contributed by atoms with E-state index >= 15 is 0 Å². The molecule has 2 aliphatic heterocycles. The van der Waals surface area contributed by atoms with Gasteiger partial charge in [0.25, 0.3) is 0 Å². The predicted octanol–water partition coefficient (Wildman–Crippen LogP) is 1.35. The standard InChI is InChI=1S/C17H20F3N7O2/c1-29-14-5-4-12(21-23-14)25-6-2-3-11(9-25)15(28)26-7-8-27-13(10-26)22-24-16(27)17(18,19)20/h4-5,11H,2-3,6-10H2,1H3/t11-/m1/s1. The third-order valence-electron chi connectivity index (χ3n) is 5.25. The number of nitrogens with zero attached hydrogens (tertiary/aromatic N) is 7. The first-order chi connectivity index (χ1) is 13.9. The van der Waals surface area contributed by atoms with Crippen LogP contribution >= 0.6 is 0 Å². The molecule has 0 spiro atoms. The number of fused-ring (bicyclic) bond motifs is 1. The summed E-state index contributed by atoms with van der Waals surface area (Å²) in [7, 11) is 1.51. The van der Waals surface area contributed by atoms with Crippen molar-refractivity contribution in [3.05, 3.63) is 23.8 Å². The molecule has 12 heteroatoms. The molecule has 4 rings (SSSR count). The number of anilines is 1. The van der Waals surface area contributed by atoms with Crippen molar-refractivity contribution in [2.24, 2.45) is 5.92 Å². The van der Waals surface area contributed by atoms with Crippen molar-refractivity contribution in [3.8, 4) is 5.88 Å². The number of carbonyl (C=O) groups excluding carboxylic acids is 1. The van der Waals surface area contributed by atoms with Gasteiger partial charge in [-0.15, -0.1) is 20.4 Å². The van der Waals surface area contributed by atoms with Crippen molar-refractivity contribution < 1.29 is 22.7 Å². The van der Waals surface area contributed by atoms with E-state index in [0.717, 1.165) is 24.0 Å². The van der Waals surface area contributed by atoms with E-state index < -0.39 is 12.0 Å². The molecule has 0 aliphatic carbocycles.